The van der Waals surface area contributed by atoms with Crippen molar-refractivity contribution in [2.75, 3.05) is 0 Å². The second-order valence-corrected chi connectivity index (χ2v) is 12.9. The first-order valence-electron chi connectivity index (χ1n) is 13.3. The van der Waals surface area contributed by atoms with Gasteiger partial charge in [-0.15, -0.1) is 0 Å². The smallest absolute Gasteiger partial charge is 0.107 e. The van der Waals surface area contributed by atoms with Crippen LogP contribution in [0.5, 0.6) is 0 Å². The Morgan fingerprint density at radius 3 is 2.34 bits per heavy atom. The Hall–Kier alpha value is -0.640. The lowest BCUT2D eigenvalue weighted by Crippen LogP contribution is -2.63. The standard InChI is InChI=1S/C29H48O3/c1-17(2)9-8-10-18(3)20-13-15-28(6)22-12-11-21-19(4)24(30)25(31)26(32)29(21,7)23(22)14-16-27(20,28)5/h9,18-21,24-26,30-32H,8,10-16H2,1-7H3. The summed E-state index contributed by atoms with van der Waals surface area (Å²) in [5.74, 6) is 1.73. The first-order chi connectivity index (χ1) is 14.9. The van der Waals surface area contributed by atoms with E-state index in [2.05, 4.69) is 54.5 Å². The largest absolute Gasteiger partial charge is 0.390 e. The van der Waals surface area contributed by atoms with Crippen molar-refractivity contribution in [3.8, 4) is 0 Å². The van der Waals surface area contributed by atoms with E-state index in [1.165, 1.54) is 43.3 Å². The topological polar surface area (TPSA) is 60.7 Å². The van der Waals surface area contributed by atoms with Crippen LogP contribution in [0.3, 0.4) is 0 Å². The number of allylic oxidation sites excluding steroid dienone is 3. The Balaban J connectivity index is 1.68. The van der Waals surface area contributed by atoms with E-state index < -0.39 is 23.7 Å². The summed E-state index contributed by atoms with van der Waals surface area (Å²) in [5.41, 5.74) is 4.56. The highest BCUT2D eigenvalue weighted by Crippen LogP contribution is 2.71. The highest BCUT2D eigenvalue weighted by atomic mass is 16.4. The molecule has 0 spiro atoms. The van der Waals surface area contributed by atoms with Crippen LogP contribution in [-0.4, -0.2) is 33.6 Å². The molecule has 0 aromatic heterocycles. The summed E-state index contributed by atoms with van der Waals surface area (Å²) in [5, 5.41) is 32.6. The lowest BCUT2D eigenvalue weighted by Gasteiger charge is -2.61. The molecular weight excluding hydrogens is 396 g/mol. The van der Waals surface area contributed by atoms with Gasteiger partial charge in [-0.05, 0) is 99.7 Å². The van der Waals surface area contributed by atoms with Gasteiger partial charge in [0.15, 0.2) is 0 Å². The van der Waals surface area contributed by atoms with Crippen LogP contribution in [0.2, 0.25) is 0 Å². The molecule has 0 aromatic rings. The van der Waals surface area contributed by atoms with Gasteiger partial charge in [0.25, 0.3) is 0 Å². The van der Waals surface area contributed by atoms with E-state index >= 15 is 0 Å². The quantitative estimate of drug-likeness (QED) is 0.464. The van der Waals surface area contributed by atoms with Crippen molar-refractivity contribution in [1.29, 1.82) is 0 Å². The molecule has 4 aliphatic carbocycles. The summed E-state index contributed by atoms with van der Waals surface area (Å²) in [6.07, 6.45) is 8.98. The van der Waals surface area contributed by atoms with Gasteiger partial charge in [0.05, 0.1) is 12.2 Å². The average Bonchev–Trinajstić information content (AvgIpc) is 3.02. The number of hydrogen-bond donors (Lipinski definition) is 3. The average molecular weight is 445 g/mol. The number of rotatable bonds is 4. The van der Waals surface area contributed by atoms with Crippen LogP contribution in [0, 0.1) is 39.9 Å². The van der Waals surface area contributed by atoms with Gasteiger partial charge in [0, 0.05) is 5.41 Å². The Morgan fingerprint density at radius 1 is 1.00 bits per heavy atom. The molecule has 4 rings (SSSR count). The van der Waals surface area contributed by atoms with Gasteiger partial charge in [-0.3, -0.25) is 0 Å². The van der Waals surface area contributed by atoms with E-state index in [-0.39, 0.29) is 17.3 Å². The maximum atomic E-state index is 11.3. The van der Waals surface area contributed by atoms with Crippen molar-refractivity contribution in [3.63, 3.8) is 0 Å². The van der Waals surface area contributed by atoms with Crippen LogP contribution in [0.25, 0.3) is 0 Å². The zero-order chi connectivity index (χ0) is 23.6. The molecule has 10 unspecified atom stereocenters. The molecule has 3 N–H and O–H groups in total. The fourth-order valence-corrected chi connectivity index (χ4v) is 9.17. The van der Waals surface area contributed by atoms with Crippen LogP contribution in [0.1, 0.15) is 99.8 Å². The van der Waals surface area contributed by atoms with Gasteiger partial charge < -0.3 is 15.3 Å². The van der Waals surface area contributed by atoms with Crippen molar-refractivity contribution >= 4 is 0 Å². The zero-order valence-electron chi connectivity index (χ0n) is 21.6. The lowest BCUT2D eigenvalue weighted by molar-refractivity contribution is -0.186. The third-order valence-electron chi connectivity index (χ3n) is 11.4. The molecule has 0 aromatic carbocycles. The molecular formula is C29H48O3. The van der Waals surface area contributed by atoms with Gasteiger partial charge in [0.2, 0.25) is 0 Å². The van der Waals surface area contributed by atoms with E-state index in [4.69, 9.17) is 0 Å². The highest BCUT2D eigenvalue weighted by molar-refractivity contribution is 5.39. The molecule has 3 heteroatoms. The fourth-order valence-electron chi connectivity index (χ4n) is 9.17. The van der Waals surface area contributed by atoms with Gasteiger partial charge in [-0.1, -0.05) is 57.4 Å². The van der Waals surface area contributed by atoms with Crippen molar-refractivity contribution in [2.24, 2.45) is 39.9 Å². The molecule has 4 aliphatic rings. The summed E-state index contributed by atoms with van der Waals surface area (Å²) in [7, 11) is 0. The molecule has 2 saturated carbocycles. The first kappa shape index (κ1) is 24.5. The van der Waals surface area contributed by atoms with Crippen molar-refractivity contribution in [1.82, 2.24) is 0 Å². The van der Waals surface area contributed by atoms with E-state index in [1.54, 1.807) is 5.57 Å². The van der Waals surface area contributed by atoms with Crippen molar-refractivity contribution < 1.29 is 15.3 Å². The predicted molar refractivity (Wildman–Crippen MR) is 131 cm³/mol. The first-order valence-corrected chi connectivity index (χ1v) is 13.3. The van der Waals surface area contributed by atoms with E-state index in [0.29, 0.717) is 5.41 Å². The lowest BCUT2D eigenvalue weighted by atomic mass is 9.44. The minimum Gasteiger partial charge on any atom is -0.390 e. The number of fused-ring (bicyclic) bond motifs is 4. The monoisotopic (exact) mass is 444 g/mol. The molecule has 0 bridgehead atoms. The van der Waals surface area contributed by atoms with Gasteiger partial charge >= 0.3 is 0 Å². The molecule has 10 atom stereocenters. The molecule has 2 fully saturated rings. The number of aliphatic hydroxyl groups excluding tert-OH is 3. The summed E-state index contributed by atoms with van der Waals surface area (Å²) >= 11 is 0. The van der Waals surface area contributed by atoms with Crippen LogP contribution >= 0.6 is 0 Å². The maximum Gasteiger partial charge on any atom is 0.107 e. The van der Waals surface area contributed by atoms with Crippen LogP contribution < -0.4 is 0 Å². The summed E-state index contributed by atoms with van der Waals surface area (Å²) in [6.45, 7) is 16.2. The van der Waals surface area contributed by atoms with E-state index in [0.717, 1.165) is 31.1 Å². The SMILES string of the molecule is CC(C)=CCCC(C)C1CCC2(C)C3=C(CCC12C)C1(C)C(O)C(O)C(O)C(C)C1CC3. The van der Waals surface area contributed by atoms with Crippen molar-refractivity contribution in [3.05, 3.63) is 22.8 Å². The molecule has 0 aliphatic heterocycles. The molecule has 32 heavy (non-hydrogen) atoms. The van der Waals surface area contributed by atoms with E-state index in [1.807, 2.05) is 0 Å². The van der Waals surface area contributed by atoms with E-state index in [9.17, 15) is 15.3 Å². The third-order valence-corrected chi connectivity index (χ3v) is 11.4. The Kier molecular flexibility index (Phi) is 6.30. The van der Waals surface area contributed by atoms with Crippen molar-refractivity contribution in [2.45, 2.75) is 118 Å². The minimum absolute atomic E-state index is 0.0139. The van der Waals surface area contributed by atoms with Gasteiger partial charge in [-0.2, -0.15) is 0 Å². The van der Waals surface area contributed by atoms with Crippen LogP contribution in [0.15, 0.2) is 22.8 Å². The molecule has 0 heterocycles. The number of aliphatic hydroxyl groups is 3. The van der Waals surface area contributed by atoms with Gasteiger partial charge in [0.1, 0.15) is 6.10 Å². The fraction of sp³-hybridized carbons (Fsp3) is 0.862. The molecule has 0 amide bonds. The Bertz CT molecular complexity index is 794. The Labute approximate surface area is 196 Å². The summed E-state index contributed by atoms with van der Waals surface area (Å²) < 4.78 is 0. The third kappa shape index (κ3) is 3.24. The summed E-state index contributed by atoms with van der Waals surface area (Å²) in [6, 6.07) is 0. The van der Waals surface area contributed by atoms with Gasteiger partial charge in [-0.25, -0.2) is 0 Å². The van der Waals surface area contributed by atoms with Crippen LogP contribution in [-0.2, 0) is 0 Å². The highest BCUT2D eigenvalue weighted by Gasteiger charge is 2.64. The molecule has 3 nitrogen and oxygen atoms in total. The summed E-state index contributed by atoms with van der Waals surface area (Å²) in [4.78, 5) is 0. The Morgan fingerprint density at radius 2 is 1.69 bits per heavy atom. The maximum absolute atomic E-state index is 11.3. The predicted octanol–water partition coefficient (Wildman–Crippen LogP) is 6.03. The molecule has 182 valence electrons. The normalized spacial score (nSPS) is 49.2. The zero-order valence-corrected chi connectivity index (χ0v) is 21.6. The number of hydrogen-bond acceptors (Lipinski definition) is 3. The second-order valence-electron chi connectivity index (χ2n) is 12.9. The van der Waals surface area contributed by atoms with Crippen LogP contribution in [0.4, 0.5) is 0 Å². The second kappa shape index (κ2) is 8.24. The molecule has 0 radical (unpaired) electrons. The minimum atomic E-state index is -1.05. The molecule has 0 saturated heterocycles.